The third kappa shape index (κ3) is 9.36. The van der Waals surface area contributed by atoms with Crippen molar-refractivity contribution in [2.24, 2.45) is 5.92 Å². The average molecular weight is 459 g/mol. The second-order valence-electron chi connectivity index (χ2n) is 9.82. The van der Waals surface area contributed by atoms with E-state index in [1.54, 1.807) is 0 Å². The van der Waals surface area contributed by atoms with Crippen LogP contribution in [0.2, 0.25) is 0 Å². The SMILES string of the molecule is CC(COc1ccc(C(C)(C)c2ccc(OCC(O)COC(C)C)cc2)cc1)COC(C)C. The summed E-state index contributed by atoms with van der Waals surface area (Å²) in [6.45, 7) is 16.3. The fourth-order valence-corrected chi connectivity index (χ4v) is 3.29. The van der Waals surface area contributed by atoms with Gasteiger partial charge in [-0.15, -0.1) is 0 Å². The van der Waals surface area contributed by atoms with Gasteiger partial charge in [0.1, 0.15) is 24.2 Å². The van der Waals surface area contributed by atoms with Gasteiger partial charge in [0, 0.05) is 11.3 Å². The van der Waals surface area contributed by atoms with Crippen LogP contribution in [0.5, 0.6) is 11.5 Å². The number of hydrogen-bond donors (Lipinski definition) is 1. The number of aliphatic hydroxyl groups excluding tert-OH is 1. The molecule has 2 atom stereocenters. The summed E-state index contributed by atoms with van der Waals surface area (Å²) in [6, 6.07) is 16.4. The molecule has 2 aromatic rings. The standard InChI is InChI=1S/C28H42O5/c1-20(2)30-16-22(5)17-32-26-12-8-23(9-13-26)28(6,7)24-10-14-27(15-11-24)33-19-25(29)18-31-21(3)4/h8-15,20-22,25,29H,16-19H2,1-7H3. The zero-order valence-corrected chi connectivity index (χ0v) is 21.3. The fraction of sp³-hybridized carbons (Fsp3) is 0.571. The van der Waals surface area contributed by atoms with Crippen LogP contribution in [0.4, 0.5) is 0 Å². The van der Waals surface area contributed by atoms with E-state index in [-0.39, 0.29) is 30.8 Å². The second-order valence-corrected chi connectivity index (χ2v) is 9.82. The van der Waals surface area contributed by atoms with E-state index in [4.69, 9.17) is 18.9 Å². The van der Waals surface area contributed by atoms with Gasteiger partial charge in [0.15, 0.2) is 0 Å². The Morgan fingerprint density at radius 3 is 1.52 bits per heavy atom. The van der Waals surface area contributed by atoms with Crippen LogP contribution in [0.3, 0.4) is 0 Å². The van der Waals surface area contributed by atoms with E-state index in [9.17, 15) is 5.11 Å². The van der Waals surface area contributed by atoms with Crippen molar-refractivity contribution in [1.82, 2.24) is 0 Å². The summed E-state index contributed by atoms with van der Waals surface area (Å²) in [5.41, 5.74) is 2.23. The molecule has 5 heteroatoms. The number of ether oxygens (including phenoxy) is 4. The molecule has 0 aliphatic rings. The fourth-order valence-electron chi connectivity index (χ4n) is 3.29. The first kappa shape index (κ1) is 27.2. The number of hydrogen-bond acceptors (Lipinski definition) is 5. The van der Waals surface area contributed by atoms with Gasteiger partial charge >= 0.3 is 0 Å². The van der Waals surface area contributed by atoms with E-state index in [1.807, 2.05) is 52.0 Å². The van der Waals surface area contributed by atoms with Crippen LogP contribution < -0.4 is 9.47 Å². The molecular weight excluding hydrogens is 416 g/mol. The highest BCUT2D eigenvalue weighted by Crippen LogP contribution is 2.33. The van der Waals surface area contributed by atoms with Gasteiger partial charge in [-0.3, -0.25) is 0 Å². The molecule has 0 amide bonds. The molecule has 2 rings (SSSR count). The van der Waals surface area contributed by atoms with Crippen LogP contribution in [0.25, 0.3) is 0 Å². The van der Waals surface area contributed by atoms with E-state index < -0.39 is 6.10 Å². The van der Waals surface area contributed by atoms with Gasteiger partial charge in [0.05, 0.1) is 32.0 Å². The quantitative estimate of drug-likeness (QED) is 0.398. The largest absolute Gasteiger partial charge is 0.493 e. The minimum atomic E-state index is -0.644. The van der Waals surface area contributed by atoms with E-state index >= 15 is 0 Å². The molecule has 0 heterocycles. The third-order valence-electron chi connectivity index (χ3n) is 5.46. The lowest BCUT2D eigenvalue weighted by Gasteiger charge is -2.26. The van der Waals surface area contributed by atoms with Crippen molar-refractivity contribution in [3.8, 4) is 11.5 Å². The van der Waals surface area contributed by atoms with Crippen LogP contribution in [0.15, 0.2) is 48.5 Å². The van der Waals surface area contributed by atoms with E-state index in [0.717, 1.165) is 11.5 Å². The molecule has 0 bridgehead atoms. The summed E-state index contributed by atoms with van der Waals surface area (Å²) in [6.07, 6.45) is -0.310. The topological polar surface area (TPSA) is 57.2 Å². The molecule has 2 unspecified atom stereocenters. The Labute approximate surface area is 200 Å². The first-order chi connectivity index (χ1) is 15.6. The minimum Gasteiger partial charge on any atom is -0.493 e. The first-order valence-electron chi connectivity index (χ1n) is 12.0. The zero-order chi connectivity index (χ0) is 24.4. The monoisotopic (exact) mass is 458 g/mol. The molecule has 5 nitrogen and oxygen atoms in total. The predicted octanol–water partition coefficient (Wildman–Crippen LogP) is 5.62. The van der Waals surface area contributed by atoms with E-state index in [1.165, 1.54) is 11.1 Å². The Morgan fingerprint density at radius 2 is 1.06 bits per heavy atom. The Bertz CT molecular complexity index is 729. The predicted molar refractivity (Wildman–Crippen MR) is 133 cm³/mol. The normalized spacial score (nSPS) is 13.9. The molecule has 1 N–H and O–H groups in total. The van der Waals surface area contributed by atoms with Gasteiger partial charge in [-0.2, -0.15) is 0 Å². The zero-order valence-electron chi connectivity index (χ0n) is 21.3. The lowest BCUT2D eigenvalue weighted by molar-refractivity contribution is -0.0122. The molecule has 184 valence electrons. The molecule has 33 heavy (non-hydrogen) atoms. The average Bonchev–Trinajstić information content (AvgIpc) is 2.79. The van der Waals surface area contributed by atoms with Crippen molar-refractivity contribution >= 4 is 0 Å². The van der Waals surface area contributed by atoms with Crippen LogP contribution in [0, 0.1) is 5.92 Å². The van der Waals surface area contributed by atoms with Crippen molar-refractivity contribution in [1.29, 1.82) is 0 Å². The van der Waals surface area contributed by atoms with Crippen LogP contribution in [0.1, 0.15) is 59.6 Å². The number of aliphatic hydroxyl groups is 1. The minimum absolute atomic E-state index is 0.0923. The smallest absolute Gasteiger partial charge is 0.119 e. The maximum atomic E-state index is 9.96. The lowest BCUT2D eigenvalue weighted by Crippen LogP contribution is -2.25. The van der Waals surface area contributed by atoms with Crippen LogP contribution in [-0.2, 0) is 14.9 Å². The van der Waals surface area contributed by atoms with Crippen LogP contribution >= 0.6 is 0 Å². The first-order valence-corrected chi connectivity index (χ1v) is 12.0. The van der Waals surface area contributed by atoms with E-state index in [0.29, 0.717) is 19.1 Å². The third-order valence-corrected chi connectivity index (χ3v) is 5.46. The summed E-state index contributed by atoms with van der Waals surface area (Å²) in [4.78, 5) is 0. The Hall–Kier alpha value is -2.08. The van der Waals surface area contributed by atoms with Gasteiger partial charge in [-0.05, 0) is 63.1 Å². The van der Waals surface area contributed by atoms with Gasteiger partial charge in [-0.1, -0.05) is 45.0 Å². The Kier molecular flexibility index (Phi) is 10.7. The molecule has 0 saturated carbocycles. The summed E-state index contributed by atoms with van der Waals surface area (Å²) < 4.78 is 22.7. The molecule has 0 fully saturated rings. The summed E-state index contributed by atoms with van der Waals surface area (Å²) in [5.74, 6) is 1.94. The van der Waals surface area contributed by atoms with Crippen molar-refractivity contribution in [3.63, 3.8) is 0 Å². The molecule has 0 spiro atoms. The number of benzene rings is 2. The highest BCUT2D eigenvalue weighted by molar-refractivity contribution is 5.41. The molecule has 2 aromatic carbocycles. The highest BCUT2D eigenvalue weighted by atomic mass is 16.5. The number of rotatable bonds is 14. The molecule has 0 radical (unpaired) electrons. The Morgan fingerprint density at radius 1 is 0.636 bits per heavy atom. The van der Waals surface area contributed by atoms with Gasteiger partial charge in [0.25, 0.3) is 0 Å². The van der Waals surface area contributed by atoms with Crippen LogP contribution in [-0.4, -0.2) is 49.8 Å². The molecule has 0 saturated heterocycles. The second kappa shape index (κ2) is 13.0. The van der Waals surface area contributed by atoms with Crippen molar-refractivity contribution in [3.05, 3.63) is 59.7 Å². The molecule has 0 aliphatic heterocycles. The maximum absolute atomic E-state index is 9.96. The van der Waals surface area contributed by atoms with E-state index in [2.05, 4.69) is 45.0 Å². The molecule has 0 aliphatic carbocycles. The Balaban J connectivity index is 1.90. The van der Waals surface area contributed by atoms with Gasteiger partial charge in [-0.25, -0.2) is 0 Å². The lowest BCUT2D eigenvalue weighted by atomic mass is 9.78. The summed E-state index contributed by atoms with van der Waals surface area (Å²) in [5, 5.41) is 9.96. The maximum Gasteiger partial charge on any atom is 0.119 e. The highest BCUT2D eigenvalue weighted by Gasteiger charge is 2.23. The molecular formula is C28H42O5. The van der Waals surface area contributed by atoms with Crippen molar-refractivity contribution < 1.29 is 24.1 Å². The van der Waals surface area contributed by atoms with Crippen molar-refractivity contribution in [2.75, 3.05) is 26.4 Å². The van der Waals surface area contributed by atoms with Gasteiger partial charge < -0.3 is 24.1 Å². The van der Waals surface area contributed by atoms with Gasteiger partial charge in [0.2, 0.25) is 0 Å². The summed E-state index contributed by atoms with van der Waals surface area (Å²) >= 11 is 0. The van der Waals surface area contributed by atoms with Crippen molar-refractivity contribution in [2.45, 2.75) is 72.2 Å². The molecule has 0 aromatic heterocycles. The summed E-state index contributed by atoms with van der Waals surface area (Å²) in [7, 11) is 0.